The molecule has 0 radical (unpaired) electrons. The van der Waals surface area contributed by atoms with Crippen LogP contribution in [0.2, 0.25) is 0 Å². The zero-order valence-electron chi connectivity index (χ0n) is 9.03. The number of ether oxygens (including phenoxy) is 1. The zero-order chi connectivity index (χ0) is 12.0. The lowest BCUT2D eigenvalue weighted by atomic mass is 10.2. The molecule has 0 saturated carbocycles. The zero-order valence-corrected chi connectivity index (χ0v) is 9.03. The summed E-state index contributed by atoms with van der Waals surface area (Å²) in [5.41, 5.74) is 0.489. The number of alkyl halides is 2. The number of aryl methyl sites for hydroxylation is 1. The van der Waals surface area contributed by atoms with E-state index in [-0.39, 0.29) is 18.8 Å². The van der Waals surface area contributed by atoms with Crippen LogP contribution in [-0.4, -0.2) is 35.2 Å². The Bertz CT molecular complexity index is 339. The predicted molar refractivity (Wildman–Crippen MR) is 53.7 cm³/mol. The average Bonchev–Trinajstić information content (AvgIpc) is 2.71. The van der Waals surface area contributed by atoms with Crippen LogP contribution in [0, 0.1) is 0 Å². The van der Waals surface area contributed by atoms with Crippen molar-refractivity contribution in [3.8, 4) is 0 Å². The summed E-state index contributed by atoms with van der Waals surface area (Å²) in [4.78, 5) is 11.6. The first-order chi connectivity index (χ1) is 7.65. The van der Waals surface area contributed by atoms with E-state index >= 15 is 0 Å². The van der Waals surface area contributed by atoms with Crippen LogP contribution in [0.5, 0.6) is 0 Å². The number of nitrogens with zero attached hydrogens (tertiary/aromatic N) is 2. The van der Waals surface area contributed by atoms with E-state index < -0.39 is 13.0 Å². The molecular weight excluding hydrogens is 218 g/mol. The summed E-state index contributed by atoms with van der Waals surface area (Å²) in [6, 6.07) is 1.61. The van der Waals surface area contributed by atoms with Crippen LogP contribution in [0.15, 0.2) is 12.3 Å². The van der Waals surface area contributed by atoms with Crippen LogP contribution in [0.3, 0.4) is 0 Å². The Morgan fingerprint density at radius 3 is 3.00 bits per heavy atom. The molecule has 0 spiro atoms. The van der Waals surface area contributed by atoms with Crippen molar-refractivity contribution in [1.82, 2.24) is 9.78 Å². The standard InChI is InChI=1S/C10H14F2N2O2/c1-2-14-8(3-5-13-14)9(15)4-6-16-7-10(11)12/h3,5,10H,2,4,6-7H2,1H3. The molecule has 0 atom stereocenters. The van der Waals surface area contributed by atoms with Gasteiger partial charge in [0.15, 0.2) is 5.78 Å². The quantitative estimate of drug-likeness (QED) is 0.531. The van der Waals surface area contributed by atoms with Crippen molar-refractivity contribution in [3.05, 3.63) is 18.0 Å². The Balaban J connectivity index is 2.35. The first-order valence-electron chi connectivity index (χ1n) is 5.06. The summed E-state index contributed by atoms with van der Waals surface area (Å²) in [5, 5.41) is 3.95. The normalized spacial score (nSPS) is 11.0. The van der Waals surface area contributed by atoms with E-state index in [4.69, 9.17) is 0 Å². The number of aromatic nitrogens is 2. The molecule has 0 N–H and O–H groups in total. The lowest BCUT2D eigenvalue weighted by molar-refractivity contribution is 0.0169. The molecule has 16 heavy (non-hydrogen) atoms. The minimum Gasteiger partial charge on any atom is -0.375 e. The molecule has 0 aliphatic heterocycles. The van der Waals surface area contributed by atoms with Gasteiger partial charge < -0.3 is 4.74 Å². The number of hydrogen-bond acceptors (Lipinski definition) is 3. The lowest BCUT2D eigenvalue weighted by Gasteiger charge is -2.04. The molecule has 4 nitrogen and oxygen atoms in total. The van der Waals surface area contributed by atoms with Gasteiger partial charge in [-0.25, -0.2) is 8.78 Å². The molecule has 90 valence electrons. The second-order valence-corrected chi connectivity index (χ2v) is 3.17. The molecule has 0 fully saturated rings. The van der Waals surface area contributed by atoms with Crippen LogP contribution in [0.25, 0.3) is 0 Å². The van der Waals surface area contributed by atoms with E-state index in [0.717, 1.165) is 0 Å². The molecule has 1 aromatic rings. The van der Waals surface area contributed by atoms with Crippen molar-refractivity contribution in [2.75, 3.05) is 13.2 Å². The molecule has 1 rings (SSSR count). The smallest absolute Gasteiger partial charge is 0.261 e. The highest BCUT2D eigenvalue weighted by atomic mass is 19.3. The van der Waals surface area contributed by atoms with Gasteiger partial charge in [0.2, 0.25) is 0 Å². The van der Waals surface area contributed by atoms with Crippen molar-refractivity contribution in [2.45, 2.75) is 26.3 Å². The molecule has 0 aliphatic carbocycles. The van der Waals surface area contributed by atoms with Crippen LogP contribution in [-0.2, 0) is 11.3 Å². The van der Waals surface area contributed by atoms with Gasteiger partial charge in [-0.1, -0.05) is 0 Å². The van der Waals surface area contributed by atoms with Crippen molar-refractivity contribution >= 4 is 5.78 Å². The third-order valence-corrected chi connectivity index (χ3v) is 2.02. The fourth-order valence-electron chi connectivity index (χ4n) is 1.29. The minimum absolute atomic E-state index is 0.0120. The van der Waals surface area contributed by atoms with Gasteiger partial charge in [0.25, 0.3) is 6.43 Å². The maximum atomic E-state index is 11.7. The van der Waals surface area contributed by atoms with E-state index in [9.17, 15) is 13.6 Å². The van der Waals surface area contributed by atoms with Crippen LogP contribution in [0.1, 0.15) is 23.8 Å². The van der Waals surface area contributed by atoms with Gasteiger partial charge in [-0.2, -0.15) is 5.10 Å². The summed E-state index contributed by atoms with van der Waals surface area (Å²) < 4.78 is 29.7. The summed E-state index contributed by atoms with van der Waals surface area (Å²) in [6.45, 7) is 1.86. The Morgan fingerprint density at radius 2 is 2.38 bits per heavy atom. The molecule has 0 saturated heterocycles. The second-order valence-electron chi connectivity index (χ2n) is 3.17. The predicted octanol–water partition coefficient (Wildman–Crippen LogP) is 1.76. The van der Waals surface area contributed by atoms with Gasteiger partial charge in [-0.05, 0) is 13.0 Å². The van der Waals surface area contributed by atoms with Crippen LogP contribution < -0.4 is 0 Å². The first kappa shape index (κ1) is 12.8. The number of hydrogen-bond donors (Lipinski definition) is 0. The largest absolute Gasteiger partial charge is 0.375 e. The molecular formula is C10H14F2N2O2. The van der Waals surface area contributed by atoms with E-state index in [1.165, 1.54) is 6.20 Å². The van der Waals surface area contributed by atoms with Crippen LogP contribution >= 0.6 is 0 Å². The summed E-state index contributed by atoms with van der Waals surface area (Å²) >= 11 is 0. The molecule has 0 aromatic carbocycles. The van der Waals surface area contributed by atoms with Crippen molar-refractivity contribution in [1.29, 1.82) is 0 Å². The highest BCUT2D eigenvalue weighted by Gasteiger charge is 2.11. The van der Waals surface area contributed by atoms with Gasteiger partial charge in [-0.15, -0.1) is 0 Å². The molecule has 0 amide bonds. The van der Waals surface area contributed by atoms with Crippen molar-refractivity contribution in [3.63, 3.8) is 0 Å². The second kappa shape index (κ2) is 6.32. The third kappa shape index (κ3) is 3.69. The maximum absolute atomic E-state index is 11.7. The molecule has 6 heteroatoms. The lowest BCUT2D eigenvalue weighted by Crippen LogP contribution is -2.13. The van der Waals surface area contributed by atoms with Crippen molar-refractivity contribution in [2.24, 2.45) is 0 Å². The van der Waals surface area contributed by atoms with Gasteiger partial charge >= 0.3 is 0 Å². The minimum atomic E-state index is -2.49. The SMILES string of the molecule is CCn1nccc1C(=O)CCOCC(F)F. The average molecular weight is 232 g/mol. The molecule has 1 heterocycles. The molecule has 0 bridgehead atoms. The number of ketones is 1. The fraction of sp³-hybridized carbons (Fsp3) is 0.600. The Hall–Kier alpha value is -1.30. The Morgan fingerprint density at radius 1 is 1.62 bits per heavy atom. The summed E-state index contributed by atoms with van der Waals surface area (Å²) in [6.07, 6.45) is -0.855. The van der Waals surface area contributed by atoms with E-state index in [2.05, 4.69) is 9.84 Å². The first-order valence-corrected chi connectivity index (χ1v) is 5.06. The number of halogens is 2. The molecule has 0 unspecified atom stereocenters. The highest BCUT2D eigenvalue weighted by molar-refractivity contribution is 5.94. The Labute approximate surface area is 92.2 Å². The highest BCUT2D eigenvalue weighted by Crippen LogP contribution is 2.04. The fourth-order valence-corrected chi connectivity index (χ4v) is 1.29. The summed E-state index contributed by atoms with van der Waals surface area (Å²) in [5.74, 6) is -0.145. The van der Waals surface area contributed by atoms with Gasteiger partial charge in [0, 0.05) is 19.2 Å². The molecule has 0 aliphatic rings. The van der Waals surface area contributed by atoms with Gasteiger partial charge in [0.1, 0.15) is 12.3 Å². The third-order valence-electron chi connectivity index (χ3n) is 2.02. The van der Waals surface area contributed by atoms with Crippen LogP contribution in [0.4, 0.5) is 8.78 Å². The van der Waals surface area contributed by atoms with E-state index in [0.29, 0.717) is 12.2 Å². The number of carbonyl (C=O) groups excluding carboxylic acids is 1. The van der Waals surface area contributed by atoms with Gasteiger partial charge in [-0.3, -0.25) is 9.48 Å². The van der Waals surface area contributed by atoms with Crippen molar-refractivity contribution < 1.29 is 18.3 Å². The maximum Gasteiger partial charge on any atom is 0.261 e. The van der Waals surface area contributed by atoms with E-state index in [1.807, 2.05) is 6.92 Å². The Kier molecular flexibility index (Phi) is 5.04. The van der Waals surface area contributed by atoms with E-state index in [1.54, 1.807) is 10.7 Å². The summed E-state index contributed by atoms with van der Waals surface area (Å²) in [7, 11) is 0. The number of rotatable bonds is 7. The molecule has 1 aromatic heterocycles. The topological polar surface area (TPSA) is 44.1 Å². The number of carbonyl (C=O) groups is 1. The van der Waals surface area contributed by atoms with Gasteiger partial charge in [0.05, 0.1) is 6.61 Å². The number of Topliss-reactive ketones (excluding diaryl/α,β-unsaturated/α-hetero) is 1. The monoisotopic (exact) mass is 232 g/mol.